The Hall–Kier alpha value is -0.610. The third-order valence-corrected chi connectivity index (χ3v) is 2.70. The minimum absolute atomic E-state index is 0.0508. The molecule has 1 unspecified atom stereocenters. The summed E-state index contributed by atoms with van der Waals surface area (Å²) in [6.45, 7) is 6.74. The number of rotatable bonds is 8. The zero-order valence-electron chi connectivity index (χ0n) is 10.8. The number of hydrogen-bond donors (Lipinski definition) is 3. The molecule has 4 heteroatoms. The molecule has 0 aromatic heterocycles. The highest BCUT2D eigenvalue weighted by Gasteiger charge is 2.14. The van der Waals surface area contributed by atoms with E-state index >= 15 is 0 Å². The molecule has 0 saturated carbocycles. The van der Waals surface area contributed by atoms with E-state index < -0.39 is 0 Å². The Morgan fingerprint density at radius 1 is 1.50 bits per heavy atom. The van der Waals surface area contributed by atoms with Crippen LogP contribution in [0.15, 0.2) is 0 Å². The maximum atomic E-state index is 11.5. The first-order valence-corrected chi connectivity index (χ1v) is 6.05. The summed E-state index contributed by atoms with van der Waals surface area (Å²) in [7, 11) is 0. The molecule has 1 amide bonds. The number of carbonyl (C=O) groups is 1. The van der Waals surface area contributed by atoms with Gasteiger partial charge in [0.15, 0.2) is 0 Å². The number of nitrogens with one attached hydrogen (secondary N) is 1. The Kier molecular flexibility index (Phi) is 7.34. The van der Waals surface area contributed by atoms with Crippen molar-refractivity contribution in [2.45, 2.75) is 52.0 Å². The van der Waals surface area contributed by atoms with Gasteiger partial charge in [-0.15, -0.1) is 0 Å². The Morgan fingerprint density at radius 3 is 2.56 bits per heavy atom. The fourth-order valence-corrected chi connectivity index (χ4v) is 1.42. The summed E-state index contributed by atoms with van der Waals surface area (Å²) in [6.07, 6.45) is 2.89. The highest BCUT2D eigenvalue weighted by molar-refractivity contribution is 5.75. The molecule has 4 N–H and O–H groups in total. The van der Waals surface area contributed by atoms with Crippen molar-refractivity contribution in [1.82, 2.24) is 5.32 Å². The van der Waals surface area contributed by atoms with E-state index in [0.29, 0.717) is 25.3 Å². The molecule has 0 aromatic carbocycles. The first-order chi connectivity index (χ1) is 7.39. The van der Waals surface area contributed by atoms with Crippen LogP contribution in [0.5, 0.6) is 0 Å². The summed E-state index contributed by atoms with van der Waals surface area (Å²) in [5.41, 5.74) is 5.52. The molecule has 0 spiro atoms. The zero-order chi connectivity index (χ0) is 12.6. The van der Waals surface area contributed by atoms with Gasteiger partial charge < -0.3 is 16.2 Å². The van der Waals surface area contributed by atoms with Crippen molar-refractivity contribution in [2.24, 2.45) is 11.7 Å². The van der Waals surface area contributed by atoms with Crippen molar-refractivity contribution in [3.8, 4) is 0 Å². The first kappa shape index (κ1) is 15.4. The number of hydrogen-bond acceptors (Lipinski definition) is 3. The lowest BCUT2D eigenvalue weighted by molar-refractivity contribution is -0.121. The van der Waals surface area contributed by atoms with Gasteiger partial charge in [-0.05, 0) is 32.6 Å². The molecule has 0 heterocycles. The molecule has 0 bridgehead atoms. The van der Waals surface area contributed by atoms with Gasteiger partial charge in [-0.25, -0.2) is 0 Å². The maximum Gasteiger partial charge on any atom is 0.220 e. The van der Waals surface area contributed by atoms with E-state index in [-0.39, 0.29) is 18.1 Å². The predicted molar refractivity (Wildman–Crippen MR) is 66.0 cm³/mol. The van der Waals surface area contributed by atoms with Gasteiger partial charge in [-0.2, -0.15) is 0 Å². The fourth-order valence-electron chi connectivity index (χ4n) is 1.42. The van der Waals surface area contributed by atoms with Crippen LogP contribution >= 0.6 is 0 Å². The second kappa shape index (κ2) is 7.63. The van der Waals surface area contributed by atoms with Gasteiger partial charge in [-0.1, -0.05) is 13.3 Å². The summed E-state index contributed by atoms with van der Waals surface area (Å²) >= 11 is 0. The second-order valence-corrected chi connectivity index (χ2v) is 5.08. The van der Waals surface area contributed by atoms with Crippen LogP contribution in [0, 0.1) is 5.92 Å². The number of aliphatic hydroxyl groups excluding tert-OH is 1. The number of aliphatic hydroxyl groups is 1. The first-order valence-electron chi connectivity index (χ1n) is 6.05. The average Bonchev–Trinajstić information content (AvgIpc) is 2.20. The minimum Gasteiger partial charge on any atom is -0.396 e. The molecule has 0 saturated heterocycles. The van der Waals surface area contributed by atoms with Gasteiger partial charge in [0.2, 0.25) is 5.91 Å². The van der Waals surface area contributed by atoms with Crippen LogP contribution in [0.2, 0.25) is 0 Å². The molecule has 16 heavy (non-hydrogen) atoms. The van der Waals surface area contributed by atoms with Crippen LogP contribution in [0.3, 0.4) is 0 Å². The SMILES string of the molecule is CCC(CCO)CNC(=O)CCC(C)(C)N. The van der Waals surface area contributed by atoms with Crippen molar-refractivity contribution in [2.75, 3.05) is 13.2 Å². The minimum atomic E-state index is -0.285. The van der Waals surface area contributed by atoms with Gasteiger partial charge in [0.05, 0.1) is 0 Å². The molecule has 96 valence electrons. The Balaban J connectivity index is 3.71. The van der Waals surface area contributed by atoms with Crippen LogP contribution in [-0.2, 0) is 4.79 Å². The molecule has 0 aliphatic rings. The van der Waals surface area contributed by atoms with Crippen molar-refractivity contribution < 1.29 is 9.90 Å². The third kappa shape index (κ3) is 8.68. The van der Waals surface area contributed by atoms with Crippen molar-refractivity contribution >= 4 is 5.91 Å². The van der Waals surface area contributed by atoms with Crippen LogP contribution in [0.25, 0.3) is 0 Å². The Labute approximate surface area is 98.6 Å². The van der Waals surface area contributed by atoms with Crippen molar-refractivity contribution in [3.63, 3.8) is 0 Å². The normalized spacial score (nSPS) is 13.6. The van der Waals surface area contributed by atoms with E-state index in [1.54, 1.807) is 0 Å². The highest BCUT2D eigenvalue weighted by Crippen LogP contribution is 2.08. The van der Waals surface area contributed by atoms with Gasteiger partial charge in [0, 0.05) is 25.1 Å². The van der Waals surface area contributed by atoms with E-state index in [0.717, 1.165) is 12.8 Å². The summed E-state index contributed by atoms with van der Waals surface area (Å²) in [5.74, 6) is 0.426. The predicted octanol–water partition coefficient (Wildman–Crippen LogP) is 1.03. The zero-order valence-corrected chi connectivity index (χ0v) is 10.8. The maximum absolute atomic E-state index is 11.5. The van der Waals surface area contributed by atoms with E-state index in [1.165, 1.54) is 0 Å². The van der Waals surface area contributed by atoms with Crippen LogP contribution in [0.4, 0.5) is 0 Å². The van der Waals surface area contributed by atoms with Gasteiger partial charge in [-0.3, -0.25) is 4.79 Å². The summed E-state index contributed by atoms with van der Waals surface area (Å²) < 4.78 is 0. The van der Waals surface area contributed by atoms with Gasteiger partial charge >= 0.3 is 0 Å². The van der Waals surface area contributed by atoms with Crippen LogP contribution in [0.1, 0.15) is 46.5 Å². The number of carbonyl (C=O) groups excluding carboxylic acids is 1. The quantitative estimate of drug-likeness (QED) is 0.583. The Morgan fingerprint density at radius 2 is 2.12 bits per heavy atom. The molecule has 1 atom stereocenters. The summed E-state index contributed by atoms with van der Waals surface area (Å²) in [4.78, 5) is 11.5. The van der Waals surface area contributed by atoms with Crippen LogP contribution in [-0.4, -0.2) is 29.7 Å². The van der Waals surface area contributed by atoms with Gasteiger partial charge in [0.1, 0.15) is 0 Å². The van der Waals surface area contributed by atoms with Crippen LogP contribution < -0.4 is 11.1 Å². The van der Waals surface area contributed by atoms with Crippen molar-refractivity contribution in [1.29, 1.82) is 0 Å². The molecule has 0 rings (SSSR count). The molecular formula is C12H26N2O2. The largest absolute Gasteiger partial charge is 0.396 e. The third-order valence-electron chi connectivity index (χ3n) is 2.70. The van der Waals surface area contributed by atoms with Crippen molar-refractivity contribution in [3.05, 3.63) is 0 Å². The summed E-state index contributed by atoms with van der Waals surface area (Å²) in [5, 5.41) is 11.7. The molecule has 0 radical (unpaired) electrons. The molecule has 0 aliphatic heterocycles. The number of nitrogens with two attached hydrogens (primary N) is 1. The number of amides is 1. The lowest BCUT2D eigenvalue weighted by Crippen LogP contribution is -2.35. The monoisotopic (exact) mass is 230 g/mol. The second-order valence-electron chi connectivity index (χ2n) is 5.08. The topological polar surface area (TPSA) is 75.3 Å². The molecule has 0 aliphatic carbocycles. The molecule has 0 aromatic rings. The van der Waals surface area contributed by atoms with E-state index in [1.807, 2.05) is 13.8 Å². The standard InChI is InChI=1S/C12H26N2O2/c1-4-10(6-8-15)9-14-11(16)5-7-12(2,3)13/h10,15H,4-9,13H2,1-3H3,(H,14,16). The molecular weight excluding hydrogens is 204 g/mol. The molecule has 0 fully saturated rings. The van der Waals surface area contributed by atoms with E-state index in [2.05, 4.69) is 12.2 Å². The molecule has 4 nitrogen and oxygen atoms in total. The lowest BCUT2D eigenvalue weighted by atomic mass is 9.99. The Bertz CT molecular complexity index is 200. The van der Waals surface area contributed by atoms with E-state index in [9.17, 15) is 4.79 Å². The summed E-state index contributed by atoms with van der Waals surface area (Å²) in [6, 6.07) is 0. The lowest BCUT2D eigenvalue weighted by Gasteiger charge is -2.18. The highest BCUT2D eigenvalue weighted by atomic mass is 16.3. The fraction of sp³-hybridized carbons (Fsp3) is 0.917. The average molecular weight is 230 g/mol. The van der Waals surface area contributed by atoms with E-state index in [4.69, 9.17) is 10.8 Å². The van der Waals surface area contributed by atoms with Gasteiger partial charge in [0.25, 0.3) is 0 Å². The smallest absolute Gasteiger partial charge is 0.220 e.